The molecule has 182 valence electrons. The molecule has 0 aromatic heterocycles. The number of fused-ring (bicyclic) bond motifs is 1. The van der Waals surface area contributed by atoms with Crippen LogP contribution in [0.1, 0.15) is 60.8 Å². The van der Waals surface area contributed by atoms with E-state index in [0.29, 0.717) is 25.9 Å². The molecule has 2 saturated heterocycles. The number of rotatable bonds is 7. The fourth-order valence-corrected chi connectivity index (χ4v) is 6.50. The summed E-state index contributed by atoms with van der Waals surface area (Å²) in [6.07, 6.45) is 1.22. The molecule has 3 fully saturated rings. The molecule has 2 heterocycles. The minimum Gasteiger partial charge on any atom is -0.368 e. The van der Waals surface area contributed by atoms with Crippen LogP contribution in [-0.4, -0.2) is 53.7 Å². The van der Waals surface area contributed by atoms with Crippen LogP contribution in [0.5, 0.6) is 0 Å². The fourth-order valence-electron chi connectivity index (χ4n) is 6.50. The lowest BCUT2D eigenvalue weighted by Gasteiger charge is -2.40. The molecule has 0 aromatic rings. The number of nitrogens with two attached hydrogens (primary N) is 1. The molecule has 0 spiro atoms. The van der Waals surface area contributed by atoms with E-state index in [-0.39, 0.29) is 41.4 Å². The zero-order valence-corrected chi connectivity index (χ0v) is 20.5. The van der Waals surface area contributed by atoms with Crippen LogP contribution in [-0.2, 0) is 19.2 Å². The number of piperidine rings is 1. The first-order chi connectivity index (χ1) is 15.2. The summed E-state index contributed by atoms with van der Waals surface area (Å²) in [5.41, 5.74) is 4.12. The van der Waals surface area contributed by atoms with E-state index in [2.05, 4.69) is 16.7 Å². The number of likely N-dealkylation sites (tertiary alicyclic amines) is 1. The Morgan fingerprint density at radius 3 is 2.42 bits per heavy atom. The molecule has 3 unspecified atom stereocenters. The molecule has 9 heteroatoms. The molecule has 9 nitrogen and oxygen atoms in total. The summed E-state index contributed by atoms with van der Waals surface area (Å²) < 4.78 is 0. The molecule has 1 aliphatic carbocycles. The maximum absolute atomic E-state index is 13.7. The smallest absolute Gasteiger partial charge is 0.246 e. The van der Waals surface area contributed by atoms with Gasteiger partial charge in [-0.2, -0.15) is 5.26 Å². The first-order valence-corrected chi connectivity index (χ1v) is 11.8. The molecule has 4 N–H and O–H groups in total. The Labute approximate surface area is 195 Å². The summed E-state index contributed by atoms with van der Waals surface area (Å²) in [6.45, 7) is 12.2. The summed E-state index contributed by atoms with van der Waals surface area (Å²) in [4.78, 5) is 52.5. The predicted octanol–water partition coefficient (Wildman–Crippen LogP) is 0.932. The first kappa shape index (κ1) is 25.0. The zero-order chi connectivity index (χ0) is 24.9. The molecule has 0 aromatic carbocycles. The second kappa shape index (κ2) is 8.30. The molecule has 2 aliphatic heterocycles. The van der Waals surface area contributed by atoms with Gasteiger partial charge in [0.1, 0.15) is 12.1 Å². The van der Waals surface area contributed by atoms with Crippen molar-refractivity contribution in [3.63, 3.8) is 0 Å². The lowest BCUT2D eigenvalue weighted by atomic mass is 9.73. The highest BCUT2D eigenvalue weighted by Gasteiger charge is 2.83. The minimum absolute atomic E-state index is 0.0710. The van der Waals surface area contributed by atoms with Gasteiger partial charge in [0.25, 0.3) is 0 Å². The van der Waals surface area contributed by atoms with E-state index in [4.69, 9.17) is 5.73 Å². The fraction of sp³-hybridized carbons (Fsp3) is 0.792. The first-order valence-electron chi connectivity index (χ1n) is 11.8. The van der Waals surface area contributed by atoms with Gasteiger partial charge in [0, 0.05) is 30.8 Å². The maximum Gasteiger partial charge on any atom is 0.246 e. The predicted molar refractivity (Wildman–Crippen MR) is 121 cm³/mol. The van der Waals surface area contributed by atoms with Crippen LogP contribution in [0.4, 0.5) is 0 Å². The van der Waals surface area contributed by atoms with Gasteiger partial charge in [0.15, 0.2) is 0 Å². The maximum atomic E-state index is 13.7. The number of nitriles is 1. The summed E-state index contributed by atoms with van der Waals surface area (Å²) in [5.74, 6) is -2.31. The number of amides is 4. The molecular formula is C24H37N5O4. The molecule has 3 aliphatic rings. The SMILES string of the molecule is CCC(=O)N[C@H](C(=O)N1CC2C(C)(C)C2([C@@H](C#N)C[C@H]2CCNC2=O)C1C(N)=O)C(C)(C)C. The monoisotopic (exact) mass is 459 g/mol. The molecule has 0 bridgehead atoms. The van der Waals surface area contributed by atoms with E-state index in [0.717, 1.165) is 0 Å². The largest absolute Gasteiger partial charge is 0.368 e. The van der Waals surface area contributed by atoms with Crippen molar-refractivity contribution in [2.75, 3.05) is 13.1 Å². The van der Waals surface area contributed by atoms with E-state index in [1.807, 2.05) is 34.6 Å². The molecule has 33 heavy (non-hydrogen) atoms. The van der Waals surface area contributed by atoms with Crippen molar-refractivity contribution in [2.24, 2.45) is 39.7 Å². The van der Waals surface area contributed by atoms with E-state index < -0.39 is 34.7 Å². The van der Waals surface area contributed by atoms with Crippen molar-refractivity contribution in [1.82, 2.24) is 15.5 Å². The lowest BCUT2D eigenvalue weighted by Crippen LogP contribution is -2.60. The van der Waals surface area contributed by atoms with Crippen LogP contribution >= 0.6 is 0 Å². The Morgan fingerprint density at radius 1 is 1.33 bits per heavy atom. The topological polar surface area (TPSA) is 145 Å². The van der Waals surface area contributed by atoms with Gasteiger partial charge < -0.3 is 21.3 Å². The summed E-state index contributed by atoms with van der Waals surface area (Å²) in [5, 5.41) is 15.8. The van der Waals surface area contributed by atoms with Gasteiger partial charge in [-0.1, -0.05) is 41.5 Å². The van der Waals surface area contributed by atoms with Gasteiger partial charge in [-0.25, -0.2) is 0 Å². The highest BCUT2D eigenvalue weighted by molar-refractivity contribution is 5.94. The van der Waals surface area contributed by atoms with Gasteiger partial charge in [0.05, 0.1) is 12.0 Å². The molecule has 4 amide bonds. The average molecular weight is 460 g/mol. The van der Waals surface area contributed by atoms with Crippen molar-refractivity contribution in [3.05, 3.63) is 0 Å². The summed E-state index contributed by atoms with van der Waals surface area (Å²) in [7, 11) is 0. The summed E-state index contributed by atoms with van der Waals surface area (Å²) >= 11 is 0. The van der Waals surface area contributed by atoms with Crippen LogP contribution in [0.15, 0.2) is 0 Å². The third-order valence-electron chi connectivity index (χ3n) is 8.33. The highest BCUT2D eigenvalue weighted by Crippen LogP contribution is 2.78. The van der Waals surface area contributed by atoms with Crippen LogP contribution in [0.25, 0.3) is 0 Å². The molecule has 6 atom stereocenters. The van der Waals surface area contributed by atoms with Gasteiger partial charge >= 0.3 is 0 Å². The third kappa shape index (κ3) is 3.77. The van der Waals surface area contributed by atoms with Gasteiger partial charge in [-0.05, 0) is 29.6 Å². The second-order valence-electron chi connectivity index (χ2n) is 11.4. The van der Waals surface area contributed by atoms with Crippen molar-refractivity contribution >= 4 is 23.6 Å². The average Bonchev–Trinajstić information content (AvgIpc) is 3.08. The number of hydrogen-bond acceptors (Lipinski definition) is 5. The van der Waals surface area contributed by atoms with Crippen LogP contribution in [0.3, 0.4) is 0 Å². The van der Waals surface area contributed by atoms with E-state index in [1.54, 1.807) is 6.92 Å². The number of hydrogen-bond donors (Lipinski definition) is 3. The van der Waals surface area contributed by atoms with E-state index >= 15 is 0 Å². The number of carbonyl (C=O) groups excluding carboxylic acids is 4. The lowest BCUT2D eigenvalue weighted by molar-refractivity contribution is -0.146. The number of primary amides is 1. The normalized spacial score (nSPS) is 31.7. The second-order valence-corrected chi connectivity index (χ2v) is 11.4. The Kier molecular flexibility index (Phi) is 6.29. The van der Waals surface area contributed by atoms with E-state index in [1.165, 1.54) is 4.90 Å². The van der Waals surface area contributed by atoms with Gasteiger partial charge in [-0.15, -0.1) is 0 Å². The molecule has 0 radical (unpaired) electrons. The minimum atomic E-state index is -0.970. The van der Waals surface area contributed by atoms with Crippen molar-refractivity contribution in [3.8, 4) is 6.07 Å². The van der Waals surface area contributed by atoms with Crippen molar-refractivity contribution in [2.45, 2.75) is 72.9 Å². The zero-order valence-electron chi connectivity index (χ0n) is 20.5. The Bertz CT molecular complexity index is 902. The van der Waals surface area contributed by atoms with E-state index in [9.17, 15) is 24.4 Å². The van der Waals surface area contributed by atoms with Crippen molar-refractivity contribution in [1.29, 1.82) is 5.26 Å². The third-order valence-corrected chi connectivity index (χ3v) is 8.33. The Morgan fingerprint density at radius 2 is 1.97 bits per heavy atom. The van der Waals surface area contributed by atoms with Crippen molar-refractivity contribution < 1.29 is 19.2 Å². The van der Waals surface area contributed by atoms with Gasteiger partial charge in [-0.3, -0.25) is 19.2 Å². The highest BCUT2D eigenvalue weighted by atomic mass is 16.2. The standard InChI is InChI=1S/C24H37N5O4/c1-7-16(30)28-17(22(2,3)4)21(33)29-12-15-23(5,6)24(15,18(29)19(26)31)14(11-25)10-13-8-9-27-20(13)32/h13-15,17-18H,7-10,12H2,1-6H3,(H2,26,31)(H,27,32)(H,28,30)/t13-,14-,15?,17-,18?,24?/m1/s1. The molecule has 1 saturated carbocycles. The molecular weight excluding hydrogens is 422 g/mol. The Hall–Kier alpha value is -2.63. The van der Waals surface area contributed by atoms with Crippen LogP contribution < -0.4 is 16.4 Å². The quantitative estimate of drug-likeness (QED) is 0.518. The van der Waals surface area contributed by atoms with Crippen LogP contribution in [0.2, 0.25) is 0 Å². The summed E-state index contributed by atoms with van der Waals surface area (Å²) in [6, 6.07) is 0.581. The molecule has 3 rings (SSSR count). The Balaban J connectivity index is 1.98. The number of carbonyl (C=O) groups is 4. The number of nitrogens with one attached hydrogen (secondary N) is 2. The van der Waals surface area contributed by atoms with Gasteiger partial charge in [0.2, 0.25) is 23.6 Å². The van der Waals surface area contributed by atoms with Crippen LogP contribution in [0, 0.1) is 45.3 Å². The number of nitrogens with zero attached hydrogens (tertiary/aromatic N) is 2.